The topological polar surface area (TPSA) is 39.3 Å². The van der Waals surface area contributed by atoms with Crippen LogP contribution < -0.4 is 5.56 Å². The van der Waals surface area contributed by atoms with Crippen LogP contribution in [-0.2, 0) is 6.54 Å². The third kappa shape index (κ3) is 1.88. The van der Waals surface area contributed by atoms with E-state index in [1.807, 2.05) is 6.92 Å². The summed E-state index contributed by atoms with van der Waals surface area (Å²) in [5.74, 6) is 0.357. The number of allylic oxidation sites excluding steroid dienone is 1. The lowest BCUT2D eigenvalue weighted by atomic mass is 10.3. The van der Waals surface area contributed by atoms with Gasteiger partial charge in [0, 0.05) is 24.8 Å². The summed E-state index contributed by atoms with van der Waals surface area (Å²) >= 11 is 5.64. The maximum atomic E-state index is 12.0. The van der Waals surface area contributed by atoms with E-state index in [0.717, 1.165) is 11.3 Å². The van der Waals surface area contributed by atoms with Crippen LogP contribution >= 0.6 is 11.6 Å². The fourth-order valence-corrected chi connectivity index (χ4v) is 1.64. The Morgan fingerprint density at radius 3 is 3.00 bits per heavy atom. The Balaban J connectivity index is 2.52. The Labute approximate surface area is 97.8 Å². The molecule has 2 aromatic heterocycles. The molecule has 0 amide bonds. The number of alkyl halides is 1. The van der Waals surface area contributed by atoms with E-state index in [1.54, 1.807) is 27.5 Å². The van der Waals surface area contributed by atoms with E-state index in [1.165, 1.54) is 0 Å². The summed E-state index contributed by atoms with van der Waals surface area (Å²) in [6.07, 6.45) is 3.45. The maximum absolute atomic E-state index is 12.0. The monoisotopic (exact) mass is 237 g/mol. The Kier molecular flexibility index (Phi) is 2.83. The second kappa shape index (κ2) is 4.14. The van der Waals surface area contributed by atoms with Crippen molar-refractivity contribution in [1.82, 2.24) is 14.2 Å². The number of aromatic nitrogens is 3. The molecule has 0 saturated carbocycles. The zero-order valence-electron chi connectivity index (χ0n) is 8.98. The smallest absolute Gasteiger partial charge is 0.276 e. The van der Waals surface area contributed by atoms with E-state index in [4.69, 9.17) is 11.6 Å². The molecule has 0 bridgehead atoms. The molecular formula is C11H12ClN3O. The molecule has 2 aromatic rings. The molecule has 0 radical (unpaired) electrons. The van der Waals surface area contributed by atoms with Crippen molar-refractivity contribution in [2.24, 2.45) is 0 Å². The van der Waals surface area contributed by atoms with Crippen LogP contribution in [0.1, 0.15) is 5.69 Å². The Bertz CT molecular complexity index is 597. The molecular weight excluding hydrogens is 226 g/mol. The zero-order valence-corrected chi connectivity index (χ0v) is 9.74. The van der Waals surface area contributed by atoms with Crippen molar-refractivity contribution >= 4 is 17.1 Å². The number of aryl methyl sites for hydroxylation is 1. The second-order valence-corrected chi connectivity index (χ2v) is 4.00. The molecule has 5 heteroatoms. The largest absolute Gasteiger partial charge is 0.308 e. The number of fused-ring (bicyclic) bond motifs is 1. The number of hydrogen-bond acceptors (Lipinski definition) is 2. The van der Waals surface area contributed by atoms with Gasteiger partial charge in [0.25, 0.3) is 5.56 Å². The molecule has 16 heavy (non-hydrogen) atoms. The molecule has 0 aliphatic rings. The second-order valence-electron chi connectivity index (χ2n) is 3.73. The predicted molar refractivity (Wildman–Crippen MR) is 64.0 cm³/mol. The fraction of sp³-hybridized carbons (Fsp3) is 0.273. The normalized spacial score (nSPS) is 10.9. The summed E-state index contributed by atoms with van der Waals surface area (Å²) in [6.45, 7) is 6.08. The standard InChI is InChI=1S/C11H12ClN3O/c1-8(6-12)7-14-3-4-15-10(11(14)16)5-9(2)13-15/h3-5H,1,6-7H2,2H3. The quantitative estimate of drug-likeness (QED) is 0.601. The fourth-order valence-electron chi connectivity index (χ4n) is 1.56. The lowest BCUT2D eigenvalue weighted by Crippen LogP contribution is -2.22. The van der Waals surface area contributed by atoms with Crippen LogP contribution in [0.3, 0.4) is 0 Å². The molecule has 0 aliphatic carbocycles. The summed E-state index contributed by atoms with van der Waals surface area (Å²) < 4.78 is 3.17. The van der Waals surface area contributed by atoms with Crippen molar-refractivity contribution in [3.8, 4) is 0 Å². The van der Waals surface area contributed by atoms with Gasteiger partial charge in [-0.25, -0.2) is 4.52 Å². The lowest BCUT2D eigenvalue weighted by molar-refractivity contribution is 0.734. The van der Waals surface area contributed by atoms with Crippen molar-refractivity contribution in [3.05, 3.63) is 46.7 Å². The van der Waals surface area contributed by atoms with Crippen molar-refractivity contribution in [1.29, 1.82) is 0 Å². The molecule has 0 spiro atoms. The van der Waals surface area contributed by atoms with Crippen LogP contribution in [0, 0.1) is 6.92 Å². The van der Waals surface area contributed by atoms with E-state index in [2.05, 4.69) is 11.7 Å². The van der Waals surface area contributed by atoms with Gasteiger partial charge < -0.3 is 4.57 Å². The average Bonchev–Trinajstić information content (AvgIpc) is 2.64. The first-order valence-corrected chi connectivity index (χ1v) is 5.43. The van der Waals surface area contributed by atoms with Crippen LogP contribution in [0.5, 0.6) is 0 Å². The SMILES string of the molecule is C=C(CCl)Cn1ccn2nc(C)cc2c1=O. The van der Waals surface area contributed by atoms with Crippen LogP contribution in [0.4, 0.5) is 0 Å². The molecule has 0 saturated heterocycles. The van der Waals surface area contributed by atoms with Crippen LogP contribution in [0.25, 0.3) is 5.52 Å². The van der Waals surface area contributed by atoms with Gasteiger partial charge >= 0.3 is 0 Å². The van der Waals surface area contributed by atoms with Crippen molar-refractivity contribution in [2.75, 3.05) is 5.88 Å². The van der Waals surface area contributed by atoms with Crippen LogP contribution in [0.2, 0.25) is 0 Å². The average molecular weight is 238 g/mol. The van der Waals surface area contributed by atoms with E-state index < -0.39 is 0 Å². The maximum Gasteiger partial charge on any atom is 0.276 e. The molecule has 0 N–H and O–H groups in total. The molecule has 0 aliphatic heterocycles. The van der Waals surface area contributed by atoms with Gasteiger partial charge in [-0.15, -0.1) is 11.6 Å². The third-order valence-electron chi connectivity index (χ3n) is 2.31. The number of hydrogen-bond donors (Lipinski definition) is 0. The summed E-state index contributed by atoms with van der Waals surface area (Å²) in [4.78, 5) is 12.0. The van der Waals surface area contributed by atoms with E-state index >= 15 is 0 Å². The first kappa shape index (κ1) is 11.0. The molecule has 0 unspecified atom stereocenters. The van der Waals surface area contributed by atoms with Gasteiger partial charge in [0.2, 0.25) is 0 Å². The van der Waals surface area contributed by atoms with E-state index in [0.29, 0.717) is 17.9 Å². The van der Waals surface area contributed by atoms with Crippen LogP contribution in [-0.4, -0.2) is 20.1 Å². The number of nitrogens with zero attached hydrogens (tertiary/aromatic N) is 3. The molecule has 2 rings (SSSR count). The third-order valence-corrected chi connectivity index (χ3v) is 2.69. The highest BCUT2D eigenvalue weighted by Gasteiger charge is 2.05. The van der Waals surface area contributed by atoms with Gasteiger partial charge in [-0.3, -0.25) is 4.79 Å². The molecule has 0 aromatic carbocycles. The molecule has 0 atom stereocenters. The summed E-state index contributed by atoms with van der Waals surface area (Å²) in [5, 5.41) is 4.17. The summed E-state index contributed by atoms with van der Waals surface area (Å²) in [6, 6.07) is 1.77. The van der Waals surface area contributed by atoms with Gasteiger partial charge in [0.15, 0.2) is 0 Å². The minimum Gasteiger partial charge on any atom is -0.308 e. The van der Waals surface area contributed by atoms with Gasteiger partial charge in [0.1, 0.15) is 5.52 Å². The highest BCUT2D eigenvalue weighted by atomic mass is 35.5. The first-order valence-electron chi connectivity index (χ1n) is 4.90. The van der Waals surface area contributed by atoms with Gasteiger partial charge in [-0.1, -0.05) is 6.58 Å². The minimum absolute atomic E-state index is 0.0747. The highest BCUT2D eigenvalue weighted by Crippen LogP contribution is 2.02. The molecule has 4 nitrogen and oxygen atoms in total. The minimum atomic E-state index is -0.0747. The van der Waals surface area contributed by atoms with Crippen molar-refractivity contribution < 1.29 is 0 Å². The summed E-state index contributed by atoms with van der Waals surface area (Å²) in [5.41, 5.74) is 2.13. The van der Waals surface area contributed by atoms with Crippen LogP contribution in [0.15, 0.2) is 35.4 Å². The number of halogens is 1. The van der Waals surface area contributed by atoms with E-state index in [-0.39, 0.29) is 5.56 Å². The highest BCUT2D eigenvalue weighted by molar-refractivity contribution is 6.19. The number of rotatable bonds is 3. The predicted octanol–water partition coefficient (Wildman–Crippen LogP) is 1.60. The van der Waals surface area contributed by atoms with E-state index in [9.17, 15) is 4.79 Å². The Hall–Kier alpha value is -1.55. The lowest BCUT2D eigenvalue weighted by Gasteiger charge is -2.05. The van der Waals surface area contributed by atoms with Crippen molar-refractivity contribution in [2.45, 2.75) is 13.5 Å². The first-order chi connectivity index (χ1) is 7.61. The Morgan fingerprint density at radius 2 is 2.31 bits per heavy atom. The van der Waals surface area contributed by atoms with Gasteiger partial charge in [-0.05, 0) is 18.6 Å². The molecule has 2 heterocycles. The van der Waals surface area contributed by atoms with Crippen molar-refractivity contribution in [3.63, 3.8) is 0 Å². The molecule has 84 valence electrons. The summed E-state index contributed by atoms with van der Waals surface area (Å²) in [7, 11) is 0. The zero-order chi connectivity index (χ0) is 11.7. The molecule has 0 fully saturated rings. The van der Waals surface area contributed by atoms with Gasteiger partial charge in [0.05, 0.1) is 5.69 Å². The Morgan fingerprint density at radius 1 is 1.56 bits per heavy atom. The van der Waals surface area contributed by atoms with Gasteiger partial charge in [-0.2, -0.15) is 5.10 Å².